The fourth-order valence-electron chi connectivity index (χ4n) is 5.64. The van der Waals surface area contributed by atoms with Gasteiger partial charge in [0.15, 0.2) is 0 Å². The van der Waals surface area contributed by atoms with Gasteiger partial charge in [0.05, 0.1) is 6.04 Å². The minimum Gasteiger partial charge on any atom is -0.348 e. The van der Waals surface area contributed by atoms with Gasteiger partial charge < -0.3 is 10.6 Å². The van der Waals surface area contributed by atoms with Gasteiger partial charge in [-0.1, -0.05) is 57.2 Å². The van der Waals surface area contributed by atoms with Gasteiger partial charge in [-0.2, -0.15) is 0 Å². The normalized spacial score (nSPS) is 26.2. The average Bonchev–Trinajstić information content (AvgIpc) is 2.89. The summed E-state index contributed by atoms with van der Waals surface area (Å²) in [5, 5.41) is 8.10. The van der Waals surface area contributed by atoms with Crippen molar-refractivity contribution in [1.29, 1.82) is 0 Å². The van der Waals surface area contributed by atoms with Crippen LogP contribution in [0.5, 0.6) is 0 Å². The van der Waals surface area contributed by atoms with Gasteiger partial charge in [-0.3, -0.25) is 14.5 Å². The maximum atomic E-state index is 13.2. The molecule has 2 aliphatic rings. The molecule has 0 radical (unpaired) electrons. The first-order chi connectivity index (χ1) is 14.6. The minimum absolute atomic E-state index is 0.0382. The van der Waals surface area contributed by atoms with E-state index < -0.39 is 11.6 Å². The number of urea groups is 1. The van der Waals surface area contributed by atoms with E-state index in [1.54, 1.807) is 0 Å². The number of amides is 4. The monoisotopic (exact) mass is 421 g/mol. The third-order valence-electron chi connectivity index (χ3n) is 6.58. The fourth-order valence-corrected chi connectivity index (χ4v) is 5.64. The number of hydrogen-bond donors (Lipinski definition) is 2. The topological polar surface area (TPSA) is 78.5 Å². The largest absolute Gasteiger partial charge is 0.348 e. The molecule has 2 fully saturated rings. The Balaban J connectivity index is 1.44. The molecule has 4 amide bonds. The Labute approximate surface area is 183 Å². The highest BCUT2D eigenvalue weighted by molar-refractivity contribution is 6.09. The quantitative estimate of drug-likeness (QED) is 0.728. The Morgan fingerprint density at radius 2 is 1.87 bits per heavy atom. The summed E-state index contributed by atoms with van der Waals surface area (Å²) in [7, 11) is 0. The SMILES string of the molecule is C[C@@H]1CC(C)(C)C[C@@]2(C1)NC(=O)N(CC(=O)N[C@H](C)c1ccc3ccccc3c1)C2=O. The number of nitrogens with zero attached hydrogens (tertiary/aromatic N) is 1. The Morgan fingerprint density at radius 3 is 2.58 bits per heavy atom. The summed E-state index contributed by atoms with van der Waals surface area (Å²) in [6.07, 6.45) is 2.23. The lowest BCUT2D eigenvalue weighted by Crippen LogP contribution is -2.54. The smallest absolute Gasteiger partial charge is 0.325 e. The number of benzene rings is 2. The van der Waals surface area contributed by atoms with Crippen LogP contribution in [0.15, 0.2) is 42.5 Å². The van der Waals surface area contributed by atoms with Crippen LogP contribution in [0.25, 0.3) is 10.8 Å². The van der Waals surface area contributed by atoms with Crippen molar-refractivity contribution < 1.29 is 14.4 Å². The number of carbonyl (C=O) groups is 3. The summed E-state index contributed by atoms with van der Waals surface area (Å²) in [6, 6.07) is 13.4. The van der Waals surface area contributed by atoms with Crippen molar-refractivity contribution in [2.24, 2.45) is 11.3 Å². The molecule has 164 valence electrons. The Hall–Kier alpha value is -2.89. The van der Waals surface area contributed by atoms with Crippen molar-refractivity contribution >= 4 is 28.6 Å². The molecule has 4 rings (SSSR count). The van der Waals surface area contributed by atoms with E-state index in [0.29, 0.717) is 18.8 Å². The third-order valence-corrected chi connectivity index (χ3v) is 6.58. The molecular weight excluding hydrogens is 390 g/mol. The van der Waals surface area contributed by atoms with Crippen LogP contribution in [0, 0.1) is 11.3 Å². The predicted octanol–water partition coefficient (Wildman–Crippen LogP) is 4.15. The molecule has 0 unspecified atom stereocenters. The van der Waals surface area contributed by atoms with Gasteiger partial charge in [-0.25, -0.2) is 4.79 Å². The second kappa shape index (κ2) is 7.66. The first kappa shape index (κ1) is 21.3. The van der Waals surface area contributed by atoms with Crippen LogP contribution >= 0.6 is 0 Å². The molecular formula is C25H31N3O3. The van der Waals surface area contributed by atoms with Crippen LogP contribution in [-0.2, 0) is 9.59 Å². The first-order valence-corrected chi connectivity index (χ1v) is 11.0. The number of fused-ring (bicyclic) bond motifs is 1. The number of rotatable bonds is 4. The van der Waals surface area contributed by atoms with Crippen molar-refractivity contribution in [2.75, 3.05) is 6.54 Å². The molecule has 1 saturated carbocycles. The third kappa shape index (κ3) is 4.16. The van der Waals surface area contributed by atoms with Gasteiger partial charge in [0.2, 0.25) is 5.91 Å². The van der Waals surface area contributed by atoms with Gasteiger partial charge in [-0.05, 0) is 59.9 Å². The van der Waals surface area contributed by atoms with Crippen LogP contribution in [0.4, 0.5) is 4.79 Å². The van der Waals surface area contributed by atoms with Crippen molar-refractivity contribution in [3.8, 4) is 0 Å². The van der Waals surface area contributed by atoms with Crippen LogP contribution in [0.3, 0.4) is 0 Å². The molecule has 6 heteroatoms. The molecule has 1 aliphatic carbocycles. The van der Waals surface area contributed by atoms with Gasteiger partial charge in [0.25, 0.3) is 5.91 Å². The van der Waals surface area contributed by atoms with Gasteiger partial charge in [0, 0.05) is 0 Å². The van der Waals surface area contributed by atoms with E-state index in [2.05, 4.69) is 37.5 Å². The van der Waals surface area contributed by atoms with E-state index >= 15 is 0 Å². The summed E-state index contributed by atoms with van der Waals surface area (Å²) < 4.78 is 0. The summed E-state index contributed by atoms with van der Waals surface area (Å²) in [5.74, 6) is -0.287. The number of imide groups is 1. The van der Waals surface area contributed by atoms with E-state index in [-0.39, 0.29) is 29.8 Å². The molecule has 2 aromatic carbocycles. The van der Waals surface area contributed by atoms with Crippen LogP contribution in [-0.4, -0.2) is 34.8 Å². The lowest BCUT2D eigenvalue weighted by molar-refractivity contribution is -0.137. The van der Waals surface area contributed by atoms with E-state index in [1.807, 2.05) is 43.3 Å². The van der Waals surface area contributed by atoms with Crippen LogP contribution in [0.2, 0.25) is 0 Å². The maximum absolute atomic E-state index is 13.2. The summed E-state index contributed by atoms with van der Waals surface area (Å²) in [5.41, 5.74) is 0.0509. The van der Waals surface area contributed by atoms with Crippen molar-refractivity contribution in [1.82, 2.24) is 15.5 Å². The Morgan fingerprint density at radius 1 is 1.16 bits per heavy atom. The molecule has 31 heavy (non-hydrogen) atoms. The highest BCUT2D eigenvalue weighted by Crippen LogP contribution is 2.46. The minimum atomic E-state index is -0.886. The van der Waals surface area contributed by atoms with Gasteiger partial charge in [0.1, 0.15) is 12.1 Å². The lowest BCUT2D eigenvalue weighted by atomic mass is 9.64. The molecule has 0 bridgehead atoms. The predicted molar refractivity (Wildman–Crippen MR) is 120 cm³/mol. The molecule has 6 nitrogen and oxygen atoms in total. The van der Waals surface area contributed by atoms with Crippen molar-refractivity contribution in [3.05, 3.63) is 48.0 Å². The zero-order chi connectivity index (χ0) is 22.4. The van der Waals surface area contributed by atoms with Crippen molar-refractivity contribution in [2.45, 2.75) is 58.5 Å². The number of hydrogen-bond acceptors (Lipinski definition) is 3. The average molecular weight is 422 g/mol. The lowest BCUT2D eigenvalue weighted by Gasteiger charge is -2.43. The highest BCUT2D eigenvalue weighted by Gasteiger charge is 2.56. The molecule has 0 aromatic heterocycles. The molecule has 1 saturated heterocycles. The summed E-state index contributed by atoms with van der Waals surface area (Å²) >= 11 is 0. The molecule has 2 aromatic rings. The van der Waals surface area contributed by atoms with E-state index in [0.717, 1.165) is 27.7 Å². The fraction of sp³-hybridized carbons (Fsp3) is 0.480. The highest BCUT2D eigenvalue weighted by atomic mass is 16.2. The number of carbonyl (C=O) groups excluding carboxylic acids is 3. The second-order valence-electron chi connectivity index (χ2n) is 10.2. The molecule has 1 heterocycles. The van der Waals surface area contributed by atoms with E-state index in [4.69, 9.17) is 0 Å². The van der Waals surface area contributed by atoms with Crippen LogP contribution in [0.1, 0.15) is 58.6 Å². The molecule has 1 aliphatic heterocycles. The standard InChI is InChI=1S/C25H31N3O3/c1-16-12-24(3,4)15-25(13-16)22(30)28(23(31)27-25)14-21(29)26-17(2)19-10-9-18-7-5-6-8-20(18)11-19/h5-11,16-17H,12-15H2,1-4H3,(H,26,29)(H,27,31)/t16-,17-,25-/m1/s1. The Bertz CT molecular complexity index is 1050. The van der Waals surface area contributed by atoms with E-state index in [1.165, 1.54) is 0 Å². The zero-order valence-corrected chi connectivity index (χ0v) is 18.7. The first-order valence-electron chi connectivity index (χ1n) is 11.0. The molecule has 2 N–H and O–H groups in total. The summed E-state index contributed by atoms with van der Waals surface area (Å²) in [6.45, 7) is 8.01. The molecule has 3 atom stereocenters. The van der Waals surface area contributed by atoms with Gasteiger partial charge >= 0.3 is 6.03 Å². The summed E-state index contributed by atoms with van der Waals surface area (Å²) in [4.78, 5) is 39.6. The zero-order valence-electron chi connectivity index (χ0n) is 18.7. The van der Waals surface area contributed by atoms with E-state index in [9.17, 15) is 14.4 Å². The number of nitrogens with one attached hydrogen (secondary N) is 2. The van der Waals surface area contributed by atoms with Gasteiger partial charge in [-0.15, -0.1) is 0 Å². The van der Waals surface area contributed by atoms with Crippen molar-refractivity contribution in [3.63, 3.8) is 0 Å². The Kier molecular flexibility index (Phi) is 5.28. The molecule has 1 spiro atoms. The maximum Gasteiger partial charge on any atom is 0.325 e. The second-order valence-corrected chi connectivity index (χ2v) is 10.2. The van der Waals surface area contributed by atoms with Crippen LogP contribution < -0.4 is 10.6 Å².